The molecule has 0 radical (unpaired) electrons. The van der Waals surface area contributed by atoms with E-state index in [4.69, 9.17) is 5.73 Å². The van der Waals surface area contributed by atoms with Crippen LogP contribution in [0.4, 0.5) is 0 Å². The highest BCUT2D eigenvalue weighted by Gasteiger charge is 2.15. The quantitative estimate of drug-likeness (QED) is 0.558. The first-order valence-corrected chi connectivity index (χ1v) is 3.42. The number of methoxy groups -OCH3 is 1. The summed E-state index contributed by atoms with van der Waals surface area (Å²) >= 11 is 0. The van der Waals surface area contributed by atoms with Crippen molar-refractivity contribution < 1.29 is 9.53 Å². The molecule has 6 heteroatoms. The molecule has 0 spiro atoms. The van der Waals surface area contributed by atoms with Crippen LogP contribution in [0.3, 0.4) is 0 Å². The summed E-state index contributed by atoms with van der Waals surface area (Å²) < 4.78 is 4.43. The summed E-state index contributed by atoms with van der Waals surface area (Å²) in [7, 11) is 1.29. The molecule has 1 atom stereocenters. The molecule has 1 aromatic rings. The van der Waals surface area contributed by atoms with E-state index in [1.165, 1.54) is 13.4 Å². The molecule has 0 saturated heterocycles. The van der Waals surface area contributed by atoms with Gasteiger partial charge in [-0.1, -0.05) is 0 Å². The summed E-state index contributed by atoms with van der Waals surface area (Å²) in [6, 6.07) is -0.689. The van der Waals surface area contributed by atoms with Crippen molar-refractivity contribution in [3.63, 3.8) is 0 Å². The van der Waals surface area contributed by atoms with E-state index in [2.05, 4.69) is 19.9 Å². The van der Waals surface area contributed by atoms with Gasteiger partial charge in [-0.2, -0.15) is 5.10 Å². The second-order valence-corrected chi connectivity index (χ2v) is 2.25. The van der Waals surface area contributed by atoms with E-state index < -0.39 is 12.0 Å². The number of esters is 1. The van der Waals surface area contributed by atoms with Gasteiger partial charge in [0.25, 0.3) is 0 Å². The topological polar surface area (TPSA) is 93.9 Å². The Kier molecular flexibility index (Phi) is 2.76. The highest BCUT2D eigenvalue weighted by Crippen LogP contribution is 1.93. The van der Waals surface area contributed by atoms with Gasteiger partial charge in [-0.25, -0.2) is 4.98 Å². The van der Waals surface area contributed by atoms with Gasteiger partial charge in [0.05, 0.1) is 7.11 Å². The van der Waals surface area contributed by atoms with E-state index in [0.717, 1.165) is 0 Å². The predicted octanol–water partition coefficient (Wildman–Crippen LogP) is -1.15. The smallest absolute Gasteiger partial charge is 0.323 e. The molecule has 0 aliphatic heterocycles. The highest BCUT2D eigenvalue weighted by atomic mass is 16.5. The molecule has 12 heavy (non-hydrogen) atoms. The van der Waals surface area contributed by atoms with Crippen LogP contribution in [0.25, 0.3) is 0 Å². The molecule has 0 saturated carbocycles. The Labute approximate surface area is 69.1 Å². The lowest BCUT2D eigenvalue weighted by atomic mass is 10.2. The van der Waals surface area contributed by atoms with E-state index in [1.54, 1.807) is 0 Å². The molecule has 1 aromatic heterocycles. The number of nitrogens with two attached hydrogens (primary N) is 1. The monoisotopic (exact) mass is 170 g/mol. The Morgan fingerprint density at radius 2 is 2.67 bits per heavy atom. The van der Waals surface area contributed by atoms with Crippen LogP contribution < -0.4 is 5.73 Å². The van der Waals surface area contributed by atoms with Gasteiger partial charge in [-0.05, 0) is 0 Å². The van der Waals surface area contributed by atoms with Crippen LogP contribution >= 0.6 is 0 Å². The fraction of sp³-hybridized carbons (Fsp3) is 0.500. The van der Waals surface area contributed by atoms with E-state index in [1.807, 2.05) is 0 Å². The molecule has 1 rings (SSSR count). The lowest BCUT2D eigenvalue weighted by molar-refractivity contribution is -0.142. The normalized spacial score (nSPS) is 12.5. The molecule has 1 heterocycles. The highest BCUT2D eigenvalue weighted by molar-refractivity contribution is 5.75. The maximum Gasteiger partial charge on any atom is 0.323 e. The van der Waals surface area contributed by atoms with E-state index in [0.29, 0.717) is 5.82 Å². The summed E-state index contributed by atoms with van der Waals surface area (Å²) in [4.78, 5) is 14.6. The average molecular weight is 170 g/mol. The van der Waals surface area contributed by atoms with Gasteiger partial charge in [0.1, 0.15) is 12.4 Å². The van der Waals surface area contributed by atoms with Crippen molar-refractivity contribution in [1.82, 2.24) is 15.2 Å². The summed E-state index contributed by atoms with van der Waals surface area (Å²) in [6.07, 6.45) is 1.72. The van der Waals surface area contributed by atoms with Crippen LogP contribution in [-0.2, 0) is 16.0 Å². The average Bonchev–Trinajstić information content (AvgIpc) is 2.55. The molecule has 0 bridgehead atoms. The van der Waals surface area contributed by atoms with Gasteiger partial charge < -0.3 is 10.5 Å². The lowest BCUT2D eigenvalue weighted by Gasteiger charge is -2.05. The molecular formula is C6H10N4O2. The number of H-pyrrole nitrogens is 1. The van der Waals surface area contributed by atoms with Crippen molar-refractivity contribution in [2.75, 3.05) is 7.11 Å². The Morgan fingerprint density at radius 3 is 3.17 bits per heavy atom. The SMILES string of the molecule is COC(=O)C(N)Cc1nc[nH]n1. The van der Waals surface area contributed by atoms with Crippen LogP contribution in [0.5, 0.6) is 0 Å². The largest absolute Gasteiger partial charge is 0.468 e. The minimum atomic E-state index is -0.689. The van der Waals surface area contributed by atoms with Gasteiger partial charge in [-0.3, -0.25) is 9.89 Å². The molecule has 6 nitrogen and oxygen atoms in total. The summed E-state index contributed by atoms with van der Waals surface area (Å²) in [5, 5.41) is 6.27. The second kappa shape index (κ2) is 3.82. The van der Waals surface area contributed by atoms with Gasteiger partial charge in [0.15, 0.2) is 5.82 Å². The van der Waals surface area contributed by atoms with Crippen molar-refractivity contribution in [1.29, 1.82) is 0 Å². The zero-order valence-electron chi connectivity index (χ0n) is 6.65. The van der Waals surface area contributed by atoms with Crippen molar-refractivity contribution in [2.24, 2.45) is 5.73 Å². The fourth-order valence-electron chi connectivity index (χ4n) is 0.765. The second-order valence-electron chi connectivity index (χ2n) is 2.25. The molecule has 66 valence electrons. The maximum absolute atomic E-state index is 10.8. The summed E-state index contributed by atoms with van der Waals surface area (Å²) in [5.74, 6) is 0.0488. The van der Waals surface area contributed by atoms with E-state index in [9.17, 15) is 4.79 Å². The molecule has 3 N–H and O–H groups in total. The third-order valence-electron chi connectivity index (χ3n) is 1.37. The fourth-order valence-corrected chi connectivity index (χ4v) is 0.765. The van der Waals surface area contributed by atoms with Gasteiger partial charge in [0.2, 0.25) is 0 Å². The number of aromatic amines is 1. The summed E-state index contributed by atoms with van der Waals surface area (Å²) in [5.41, 5.74) is 5.45. The first-order chi connectivity index (χ1) is 5.74. The molecule has 0 fully saturated rings. The number of carbonyl (C=O) groups is 1. The van der Waals surface area contributed by atoms with Crippen LogP contribution in [-0.4, -0.2) is 34.3 Å². The third kappa shape index (κ3) is 2.03. The molecule has 0 aromatic carbocycles. The van der Waals surface area contributed by atoms with Crippen molar-refractivity contribution in [3.8, 4) is 0 Å². The van der Waals surface area contributed by atoms with Gasteiger partial charge in [-0.15, -0.1) is 0 Å². The first kappa shape index (κ1) is 8.66. The van der Waals surface area contributed by atoms with Crippen LogP contribution in [0.1, 0.15) is 5.82 Å². The van der Waals surface area contributed by atoms with Crippen molar-refractivity contribution in [2.45, 2.75) is 12.5 Å². The van der Waals surface area contributed by atoms with E-state index >= 15 is 0 Å². The third-order valence-corrected chi connectivity index (χ3v) is 1.37. The number of ether oxygens (including phenoxy) is 1. The van der Waals surface area contributed by atoms with Crippen molar-refractivity contribution in [3.05, 3.63) is 12.2 Å². The number of carbonyl (C=O) groups excluding carboxylic acids is 1. The van der Waals surface area contributed by atoms with E-state index in [-0.39, 0.29) is 6.42 Å². The molecule has 1 unspecified atom stereocenters. The zero-order valence-corrected chi connectivity index (χ0v) is 6.65. The number of aromatic nitrogens is 3. The molecule has 0 aliphatic rings. The minimum absolute atomic E-state index is 0.288. The number of hydrogen-bond donors (Lipinski definition) is 2. The lowest BCUT2D eigenvalue weighted by Crippen LogP contribution is -2.33. The van der Waals surface area contributed by atoms with Gasteiger partial charge >= 0.3 is 5.97 Å². The van der Waals surface area contributed by atoms with Crippen LogP contribution in [0.15, 0.2) is 6.33 Å². The van der Waals surface area contributed by atoms with Crippen LogP contribution in [0, 0.1) is 0 Å². The molecule has 0 aliphatic carbocycles. The Bertz CT molecular complexity index is 246. The number of hydrogen-bond acceptors (Lipinski definition) is 5. The number of rotatable bonds is 3. The maximum atomic E-state index is 10.8. The number of nitrogens with one attached hydrogen (secondary N) is 1. The van der Waals surface area contributed by atoms with Crippen molar-refractivity contribution >= 4 is 5.97 Å². The Balaban J connectivity index is 2.47. The summed E-state index contributed by atoms with van der Waals surface area (Å²) in [6.45, 7) is 0. The molecule has 0 amide bonds. The minimum Gasteiger partial charge on any atom is -0.468 e. The standard InChI is InChI=1S/C6H10N4O2/c1-12-6(11)4(7)2-5-8-3-9-10-5/h3-4H,2,7H2,1H3,(H,8,9,10). The molecular weight excluding hydrogens is 160 g/mol. The zero-order chi connectivity index (χ0) is 8.97. The van der Waals surface area contributed by atoms with Gasteiger partial charge in [0, 0.05) is 6.42 Å². The van der Waals surface area contributed by atoms with Crippen LogP contribution in [0.2, 0.25) is 0 Å². The predicted molar refractivity (Wildman–Crippen MR) is 40.1 cm³/mol. The Hall–Kier alpha value is -1.43. The Morgan fingerprint density at radius 1 is 1.92 bits per heavy atom. The first-order valence-electron chi connectivity index (χ1n) is 3.42. The number of nitrogens with zero attached hydrogens (tertiary/aromatic N) is 2.